The van der Waals surface area contributed by atoms with E-state index in [4.69, 9.17) is 11.8 Å². The van der Waals surface area contributed by atoms with Gasteiger partial charge in [-0.1, -0.05) is 41.5 Å². The van der Waals surface area contributed by atoms with Crippen molar-refractivity contribution in [3.8, 4) is 0 Å². The summed E-state index contributed by atoms with van der Waals surface area (Å²) in [6.45, 7) is 14.6. The number of nitrogens with one attached hydrogen (secondary N) is 1. The van der Waals surface area contributed by atoms with Crippen molar-refractivity contribution in [2.24, 2.45) is 16.7 Å². The van der Waals surface area contributed by atoms with Crippen LogP contribution in [0, 0.1) is 16.7 Å². The molecule has 0 aliphatic carbocycles. The van der Waals surface area contributed by atoms with Gasteiger partial charge in [0.05, 0.1) is 0 Å². The lowest BCUT2D eigenvalue weighted by Gasteiger charge is -2.35. The maximum atomic E-state index is 5.58. The van der Waals surface area contributed by atoms with E-state index < -0.39 is 0 Å². The van der Waals surface area contributed by atoms with Crippen molar-refractivity contribution in [1.82, 2.24) is 4.84 Å². The molecule has 0 aromatic rings. The molecule has 0 aliphatic heterocycles. The highest BCUT2D eigenvalue weighted by molar-refractivity contribution is 6.13. The predicted octanol–water partition coefficient (Wildman–Crippen LogP) is 3.83. The molecular formula is C11H24ClN. The van der Waals surface area contributed by atoms with Crippen molar-refractivity contribution in [3.63, 3.8) is 0 Å². The molecule has 13 heavy (non-hydrogen) atoms. The van der Waals surface area contributed by atoms with Gasteiger partial charge in [-0.25, -0.2) is 4.84 Å². The maximum absolute atomic E-state index is 5.58. The molecule has 0 saturated carbocycles. The largest absolute Gasteiger partial charge is 0.233 e. The van der Waals surface area contributed by atoms with E-state index in [0.29, 0.717) is 16.7 Å². The standard InChI is InChI=1S/C11H24ClN/c1-10(2,3)7-9(8-13-12)11(4,5)6/h9,13H,7-8H2,1-6H3. The van der Waals surface area contributed by atoms with Gasteiger partial charge in [-0.05, 0) is 34.9 Å². The van der Waals surface area contributed by atoms with E-state index >= 15 is 0 Å². The van der Waals surface area contributed by atoms with Crippen LogP contribution in [0.1, 0.15) is 48.0 Å². The lowest BCUT2D eigenvalue weighted by molar-refractivity contribution is 0.168. The summed E-state index contributed by atoms with van der Waals surface area (Å²) >= 11 is 5.58. The van der Waals surface area contributed by atoms with Crippen molar-refractivity contribution >= 4 is 11.8 Å². The fraction of sp³-hybridized carbons (Fsp3) is 1.00. The molecule has 0 rings (SSSR count). The molecule has 0 aliphatic rings. The van der Waals surface area contributed by atoms with Gasteiger partial charge < -0.3 is 0 Å². The van der Waals surface area contributed by atoms with Crippen LogP contribution in [0.25, 0.3) is 0 Å². The van der Waals surface area contributed by atoms with Crippen LogP contribution in [0.4, 0.5) is 0 Å². The zero-order valence-corrected chi connectivity index (χ0v) is 10.6. The van der Waals surface area contributed by atoms with Gasteiger partial charge in [-0.2, -0.15) is 0 Å². The first kappa shape index (κ1) is 13.2. The average molecular weight is 206 g/mol. The Labute approximate surface area is 88.4 Å². The lowest BCUT2D eigenvalue weighted by Crippen LogP contribution is -2.31. The third-order valence-corrected chi connectivity index (χ3v) is 2.56. The summed E-state index contributed by atoms with van der Waals surface area (Å²) in [5.74, 6) is 0.630. The van der Waals surface area contributed by atoms with Gasteiger partial charge in [0, 0.05) is 6.54 Å². The summed E-state index contributed by atoms with van der Waals surface area (Å²) in [5.41, 5.74) is 0.709. The Morgan fingerprint density at radius 1 is 1.08 bits per heavy atom. The van der Waals surface area contributed by atoms with E-state index in [1.165, 1.54) is 6.42 Å². The van der Waals surface area contributed by atoms with Crippen molar-refractivity contribution in [2.45, 2.75) is 48.0 Å². The fourth-order valence-corrected chi connectivity index (χ4v) is 1.70. The molecule has 1 atom stereocenters. The smallest absolute Gasteiger partial charge is 0.0141 e. The van der Waals surface area contributed by atoms with E-state index in [1.807, 2.05) is 0 Å². The number of halogens is 1. The number of rotatable bonds is 3. The van der Waals surface area contributed by atoms with Gasteiger partial charge in [-0.15, -0.1) is 0 Å². The summed E-state index contributed by atoms with van der Waals surface area (Å²) in [6, 6.07) is 0. The van der Waals surface area contributed by atoms with Gasteiger partial charge >= 0.3 is 0 Å². The Hall–Kier alpha value is 0.250. The topological polar surface area (TPSA) is 12.0 Å². The summed E-state index contributed by atoms with van der Waals surface area (Å²) < 4.78 is 0. The first-order valence-electron chi connectivity index (χ1n) is 5.00. The molecular weight excluding hydrogens is 182 g/mol. The van der Waals surface area contributed by atoms with Crippen LogP contribution in [-0.2, 0) is 0 Å². The predicted molar refractivity (Wildman–Crippen MR) is 60.9 cm³/mol. The molecule has 0 saturated heterocycles. The molecule has 2 heteroatoms. The lowest BCUT2D eigenvalue weighted by atomic mass is 9.72. The van der Waals surface area contributed by atoms with Gasteiger partial charge in [0.2, 0.25) is 0 Å². The summed E-state index contributed by atoms with van der Waals surface area (Å²) in [7, 11) is 0. The molecule has 1 N–H and O–H groups in total. The van der Waals surface area contributed by atoms with Crippen molar-refractivity contribution < 1.29 is 0 Å². The minimum absolute atomic E-state index is 0.329. The van der Waals surface area contributed by atoms with E-state index in [9.17, 15) is 0 Å². The minimum Gasteiger partial charge on any atom is -0.233 e. The van der Waals surface area contributed by atoms with E-state index in [2.05, 4.69) is 46.4 Å². The molecule has 1 nitrogen and oxygen atoms in total. The van der Waals surface area contributed by atoms with Crippen LogP contribution >= 0.6 is 11.8 Å². The highest BCUT2D eigenvalue weighted by Gasteiger charge is 2.28. The van der Waals surface area contributed by atoms with Crippen LogP contribution in [0.3, 0.4) is 0 Å². The summed E-state index contributed by atoms with van der Waals surface area (Å²) in [6.07, 6.45) is 1.20. The highest BCUT2D eigenvalue weighted by Crippen LogP contribution is 2.35. The minimum atomic E-state index is 0.329. The highest BCUT2D eigenvalue weighted by atomic mass is 35.5. The normalized spacial score (nSPS) is 15.9. The Morgan fingerprint density at radius 3 is 1.77 bits per heavy atom. The van der Waals surface area contributed by atoms with Gasteiger partial charge in [-0.3, -0.25) is 0 Å². The van der Waals surface area contributed by atoms with Gasteiger partial charge in [0.1, 0.15) is 0 Å². The molecule has 80 valence electrons. The molecule has 1 unspecified atom stereocenters. The average Bonchev–Trinajstić information content (AvgIpc) is 1.81. The Morgan fingerprint density at radius 2 is 1.54 bits per heavy atom. The second kappa shape index (κ2) is 4.65. The fourth-order valence-electron chi connectivity index (χ4n) is 1.52. The first-order valence-corrected chi connectivity index (χ1v) is 5.38. The van der Waals surface area contributed by atoms with E-state index in [0.717, 1.165) is 6.54 Å². The molecule has 0 bridgehead atoms. The van der Waals surface area contributed by atoms with Crippen LogP contribution in [0.2, 0.25) is 0 Å². The molecule has 0 spiro atoms. The molecule has 0 fully saturated rings. The van der Waals surface area contributed by atoms with Gasteiger partial charge in [0.25, 0.3) is 0 Å². The zero-order valence-electron chi connectivity index (χ0n) is 9.87. The molecule has 0 heterocycles. The molecule has 0 aromatic heterocycles. The van der Waals surface area contributed by atoms with E-state index in [-0.39, 0.29) is 0 Å². The van der Waals surface area contributed by atoms with Crippen molar-refractivity contribution in [1.29, 1.82) is 0 Å². The summed E-state index contributed by atoms with van der Waals surface area (Å²) in [4.78, 5) is 2.77. The van der Waals surface area contributed by atoms with Crippen LogP contribution in [0.5, 0.6) is 0 Å². The molecule has 0 amide bonds. The van der Waals surface area contributed by atoms with Crippen LogP contribution in [-0.4, -0.2) is 6.54 Å². The maximum Gasteiger partial charge on any atom is 0.0141 e. The Balaban J connectivity index is 4.27. The zero-order chi connectivity index (χ0) is 10.7. The van der Waals surface area contributed by atoms with Crippen molar-refractivity contribution in [3.05, 3.63) is 0 Å². The Kier molecular flexibility index (Phi) is 4.74. The van der Waals surface area contributed by atoms with E-state index in [1.54, 1.807) is 0 Å². The van der Waals surface area contributed by atoms with Crippen molar-refractivity contribution in [2.75, 3.05) is 6.54 Å². The number of hydrogen-bond acceptors (Lipinski definition) is 1. The second-order valence-electron chi connectivity index (χ2n) is 6.17. The summed E-state index contributed by atoms with van der Waals surface area (Å²) in [5, 5.41) is 0. The SMILES string of the molecule is CC(C)(C)CC(CNCl)C(C)(C)C. The first-order chi connectivity index (χ1) is 5.67. The van der Waals surface area contributed by atoms with Gasteiger partial charge in [0.15, 0.2) is 0 Å². The Bertz CT molecular complexity index is 141. The molecule has 0 radical (unpaired) electrons. The van der Waals surface area contributed by atoms with Crippen LogP contribution in [0.15, 0.2) is 0 Å². The number of hydrogen-bond donors (Lipinski definition) is 1. The second-order valence-corrected chi connectivity index (χ2v) is 6.43. The monoisotopic (exact) mass is 205 g/mol. The third-order valence-electron chi connectivity index (χ3n) is 2.41. The quantitative estimate of drug-likeness (QED) is 0.691. The molecule has 0 aromatic carbocycles. The van der Waals surface area contributed by atoms with Crippen LogP contribution < -0.4 is 4.84 Å². The third kappa shape index (κ3) is 6.34.